The number of rotatable bonds is 4. The molecule has 0 spiro atoms. The molecular formula is C12H10NNaO6S. The Bertz CT molecular complexity index is 753. The fourth-order valence-corrected chi connectivity index (χ4v) is 2.11. The van der Waals surface area contributed by atoms with Gasteiger partial charge in [0.2, 0.25) is 0 Å². The molecule has 7 nitrogen and oxygen atoms in total. The van der Waals surface area contributed by atoms with Crippen LogP contribution in [0.15, 0.2) is 53.4 Å². The predicted octanol–water partition coefficient (Wildman–Crippen LogP) is -0.250. The molecule has 0 saturated carbocycles. The minimum atomic E-state index is -4.54. The van der Waals surface area contributed by atoms with E-state index >= 15 is 0 Å². The van der Waals surface area contributed by atoms with Crippen LogP contribution in [0.1, 0.15) is 1.43 Å². The van der Waals surface area contributed by atoms with Crippen molar-refractivity contribution < 1.29 is 53.6 Å². The first-order valence-corrected chi connectivity index (χ1v) is 6.81. The summed E-state index contributed by atoms with van der Waals surface area (Å²) < 4.78 is 36.8. The fraction of sp³-hybridized carbons (Fsp3) is 0. The molecule has 0 amide bonds. The Hall–Kier alpha value is -1.45. The van der Waals surface area contributed by atoms with Crippen molar-refractivity contribution in [2.45, 2.75) is 4.90 Å². The first-order chi connectivity index (χ1) is 9.38. The summed E-state index contributed by atoms with van der Waals surface area (Å²) in [6.45, 7) is 0. The van der Waals surface area contributed by atoms with Crippen molar-refractivity contribution in [3.8, 4) is 11.5 Å². The Balaban J connectivity index is 0.00000220. The number of nitro groups is 1. The molecule has 21 heavy (non-hydrogen) atoms. The zero-order chi connectivity index (χ0) is 14.8. The van der Waals surface area contributed by atoms with E-state index in [0.717, 1.165) is 18.2 Å². The van der Waals surface area contributed by atoms with Crippen LogP contribution in [0.2, 0.25) is 0 Å². The number of ether oxygens (including phenoxy) is 1. The number of non-ortho nitro benzene ring substituents is 1. The second kappa shape index (κ2) is 7.01. The summed E-state index contributed by atoms with van der Waals surface area (Å²) in [5, 5.41) is 10.7. The van der Waals surface area contributed by atoms with Crippen molar-refractivity contribution in [3.05, 3.63) is 58.6 Å². The van der Waals surface area contributed by atoms with Crippen LogP contribution in [0.4, 0.5) is 5.69 Å². The zero-order valence-corrected chi connectivity index (χ0v) is 13.8. The van der Waals surface area contributed by atoms with E-state index in [1.807, 2.05) is 0 Å². The van der Waals surface area contributed by atoms with E-state index in [0.29, 0.717) is 0 Å². The van der Waals surface area contributed by atoms with Crippen molar-refractivity contribution in [2.75, 3.05) is 0 Å². The van der Waals surface area contributed by atoms with Crippen LogP contribution < -0.4 is 34.3 Å². The smallest absolute Gasteiger partial charge is 1.00 e. The van der Waals surface area contributed by atoms with Gasteiger partial charge in [-0.25, -0.2) is 0 Å². The summed E-state index contributed by atoms with van der Waals surface area (Å²) in [6, 6.07) is 11.0. The molecule has 0 heterocycles. The second-order valence-electron chi connectivity index (χ2n) is 3.78. The number of nitro benzene ring substituents is 1. The summed E-state index contributed by atoms with van der Waals surface area (Å²) in [7, 11) is -4.54. The molecule has 0 saturated heterocycles. The summed E-state index contributed by atoms with van der Waals surface area (Å²) in [5.41, 5.74) is -0.344. The maximum Gasteiger partial charge on any atom is 1.00 e. The average Bonchev–Trinajstić information content (AvgIpc) is 2.38. The fourth-order valence-electron chi connectivity index (χ4n) is 1.52. The van der Waals surface area contributed by atoms with Gasteiger partial charge in [0.1, 0.15) is 10.6 Å². The Morgan fingerprint density at radius 2 is 1.76 bits per heavy atom. The average molecular weight is 319 g/mol. The first-order valence-electron chi connectivity index (χ1n) is 5.37. The molecule has 106 valence electrons. The molecule has 0 aliphatic heterocycles. The van der Waals surface area contributed by atoms with Gasteiger partial charge in [0.15, 0.2) is 5.75 Å². The number of para-hydroxylation sites is 1. The van der Waals surface area contributed by atoms with E-state index < -0.39 is 19.9 Å². The maximum atomic E-state index is 11.2. The maximum absolute atomic E-state index is 11.2. The molecule has 0 aromatic heterocycles. The molecular weight excluding hydrogens is 309 g/mol. The summed E-state index contributed by atoms with van der Waals surface area (Å²) in [6.07, 6.45) is 0. The van der Waals surface area contributed by atoms with E-state index in [2.05, 4.69) is 0 Å². The minimum Gasteiger partial charge on any atom is -1.00 e. The topological polar surface area (TPSA) is 107 Å². The number of benzene rings is 2. The zero-order valence-electron chi connectivity index (χ0n) is 12.0. The van der Waals surface area contributed by atoms with Crippen molar-refractivity contribution >= 4 is 15.8 Å². The number of hydrogen-bond acceptors (Lipinski definition) is 5. The van der Waals surface area contributed by atoms with Crippen LogP contribution in [0.5, 0.6) is 11.5 Å². The van der Waals surface area contributed by atoms with E-state index in [-0.39, 0.29) is 48.2 Å². The van der Waals surface area contributed by atoms with Crippen molar-refractivity contribution in [1.82, 2.24) is 0 Å². The molecule has 0 unspecified atom stereocenters. The van der Waals surface area contributed by atoms with Gasteiger partial charge in [-0.1, -0.05) is 18.2 Å². The van der Waals surface area contributed by atoms with Crippen molar-refractivity contribution in [1.29, 1.82) is 0 Å². The van der Waals surface area contributed by atoms with Gasteiger partial charge in [-0.2, -0.15) is 8.42 Å². The Kier molecular flexibility index (Phi) is 5.87. The quantitative estimate of drug-likeness (QED) is 0.360. The molecule has 0 aliphatic carbocycles. The van der Waals surface area contributed by atoms with Crippen LogP contribution in [0.3, 0.4) is 0 Å². The molecule has 0 aliphatic rings. The molecule has 2 rings (SSSR count). The van der Waals surface area contributed by atoms with E-state index in [9.17, 15) is 18.5 Å². The molecule has 0 bridgehead atoms. The number of hydrogen-bond donors (Lipinski definition) is 1. The van der Waals surface area contributed by atoms with Crippen molar-refractivity contribution in [3.63, 3.8) is 0 Å². The van der Waals surface area contributed by atoms with Gasteiger partial charge >= 0.3 is 29.6 Å². The van der Waals surface area contributed by atoms with Crippen LogP contribution in [-0.4, -0.2) is 17.9 Å². The molecule has 1 N–H and O–H groups in total. The molecule has 0 atom stereocenters. The Labute approximate surface area is 144 Å². The third-order valence-electron chi connectivity index (χ3n) is 2.39. The molecule has 2 aromatic rings. The second-order valence-corrected chi connectivity index (χ2v) is 5.17. The minimum absolute atomic E-state index is 0. The van der Waals surface area contributed by atoms with Gasteiger partial charge in [-0.05, 0) is 18.2 Å². The molecule has 0 fully saturated rings. The van der Waals surface area contributed by atoms with Gasteiger partial charge in [0.05, 0.1) is 11.0 Å². The normalized spacial score (nSPS) is 10.5. The third-order valence-corrected chi connectivity index (χ3v) is 3.28. The van der Waals surface area contributed by atoms with E-state index in [4.69, 9.17) is 9.29 Å². The standard InChI is InChI=1S/C12H9NO6S.Na.H/c14-13(15)9-6-7-12(20(16,17)18)11(8-9)19-10-4-2-1-3-5-10;;/h1-8H,(H,16,17,18);;/q;+1;-1. The van der Waals surface area contributed by atoms with Crippen molar-refractivity contribution in [2.24, 2.45) is 0 Å². The molecule has 0 radical (unpaired) electrons. The monoisotopic (exact) mass is 319 g/mol. The Morgan fingerprint density at radius 3 is 2.29 bits per heavy atom. The Morgan fingerprint density at radius 1 is 1.14 bits per heavy atom. The summed E-state index contributed by atoms with van der Waals surface area (Å²) >= 11 is 0. The predicted molar refractivity (Wildman–Crippen MR) is 70.5 cm³/mol. The summed E-state index contributed by atoms with van der Waals surface area (Å²) in [4.78, 5) is 9.48. The van der Waals surface area contributed by atoms with Crippen LogP contribution in [-0.2, 0) is 10.1 Å². The van der Waals surface area contributed by atoms with Gasteiger partial charge in [0, 0.05) is 6.07 Å². The third kappa shape index (κ3) is 4.51. The van der Waals surface area contributed by atoms with Gasteiger partial charge in [-0.3, -0.25) is 14.7 Å². The van der Waals surface area contributed by atoms with Gasteiger partial charge < -0.3 is 6.16 Å². The largest absolute Gasteiger partial charge is 1.00 e. The SMILES string of the molecule is O=[N+]([O-])c1ccc(S(=O)(=O)O)c(Oc2ccccc2)c1.[H-].[Na+]. The van der Waals surface area contributed by atoms with E-state index in [1.165, 1.54) is 0 Å². The van der Waals surface area contributed by atoms with Gasteiger partial charge in [0.25, 0.3) is 15.8 Å². The number of nitrogens with zero attached hydrogens (tertiary/aromatic N) is 1. The summed E-state index contributed by atoms with van der Waals surface area (Å²) in [5.74, 6) is -0.0224. The molecule has 9 heteroatoms. The van der Waals surface area contributed by atoms with Gasteiger partial charge in [-0.15, -0.1) is 0 Å². The van der Waals surface area contributed by atoms with Crippen LogP contribution >= 0.6 is 0 Å². The van der Waals surface area contributed by atoms with Crippen LogP contribution in [0, 0.1) is 10.1 Å². The molecule has 2 aromatic carbocycles. The van der Waals surface area contributed by atoms with E-state index in [1.54, 1.807) is 30.3 Å². The van der Waals surface area contributed by atoms with Crippen LogP contribution in [0.25, 0.3) is 0 Å². The first kappa shape index (κ1) is 17.6.